The predicted molar refractivity (Wildman–Crippen MR) is 132 cm³/mol. The highest BCUT2D eigenvalue weighted by Crippen LogP contribution is 2.48. The fourth-order valence-electron chi connectivity index (χ4n) is 4.29. The van der Waals surface area contributed by atoms with Crippen molar-refractivity contribution in [1.29, 1.82) is 0 Å². The molecule has 4 nitrogen and oxygen atoms in total. The van der Waals surface area contributed by atoms with E-state index in [4.69, 9.17) is 10.5 Å². The number of aryl methyl sites for hydroxylation is 1. The molecule has 4 rings (SSSR count). The lowest BCUT2D eigenvalue weighted by atomic mass is 9.93. The van der Waals surface area contributed by atoms with Crippen LogP contribution in [0.4, 0.5) is 4.39 Å². The quantitative estimate of drug-likeness (QED) is 0.364. The third kappa shape index (κ3) is 5.84. The summed E-state index contributed by atoms with van der Waals surface area (Å²) >= 11 is 0. The van der Waals surface area contributed by atoms with E-state index in [1.165, 1.54) is 12.8 Å². The second-order valence-electron chi connectivity index (χ2n) is 9.81. The van der Waals surface area contributed by atoms with Gasteiger partial charge in [-0.3, -0.25) is 4.79 Å². The number of carboxylic acid groups (broad SMARTS) is 1. The first kappa shape index (κ1) is 24.0. The van der Waals surface area contributed by atoms with Crippen molar-refractivity contribution in [2.45, 2.75) is 58.6 Å². The first-order chi connectivity index (χ1) is 16.2. The molecule has 34 heavy (non-hydrogen) atoms. The number of aliphatic carboxylic acids is 1. The first-order valence-corrected chi connectivity index (χ1v) is 11.8. The van der Waals surface area contributed by atoms with E-state index >= 15 is 4.39 Å². The summed E-state index contributed by atoms with van der Waals surface area (Å²) in [5.74, 6) is -0.645. The number of hydrogen-bond acceptors (Lipinski definition) is 3. The minimum Gasteiger partial charge on any atom is -0.489 e. The van der Waals surface area contributed by atoms with Crippen LogP contribution >= 0.6 is 0 Å². The molecule has 1 aliphatic carbocycles. The van der Waals surface area contributed by atoms with E-state index in [0.717, 1.165) is 29.5 Å². The number of carbonyl (C=O) groups is 1. The van der Waals surface area contributed by atoms with Crippen molar-refractivity contribution in [3.63, 3.8) is 0 Å². The normalized spacial score (nSPS) is 15.1. The molecule has 5 heteroatoms. The van der Waals surface area contributed by atoms with Crippen LogP contribution < -0.4 is 10.5 Å². The molecule has 3 aromatic carbocycles. The zero-order valence-corrected chi connectivity index (χ0v) is 19.8. The Labute approximate surface area is 200 Å². The van der Waals surface area contributed by atoms with Crippen molar-refractivity contribution < 1.29 is 19.0 Å². The lowest BCUT2D eigenvalue weighted by Gasteiger charge is -2.16. The fraction of sp³-hybridized carbons (Fsp3) is 0.345. The van der Waals surface area contributed by atoms with E-state index in [0.29, 0.717) is 27.9 Å². The van der Waals surface area contributed by atoms with Crippen molar-refractivity contribution in [1.82, 2.24) is 0 Å². The van der Waals surface area contributed by atoms with E-state index in [2.05, 4.69) is 19.1 Å². The Morgan fingerprint density at radius 2 is 1.85 bits per heavy atom. The van der Waals surface area contributed by atoms with Gasteiger partial charge in [0.05, 0.1) is 6.42 Å². The highest BCUT2D eigenvalue weighted by molar-refractivity contribution is 5.71. The number of para-hydroxylation sites is 1. The van der Waals surface area contributed by atoms with Gasteiger partial charge in [0.15, 0.2) is 0 Å². The summed E-state index contributed by atoms with van der Waals surface area (Å²) in [5, 5.41) is 9.19. The zero-order valence-electron chi connectivity index (χ0n) is 19.8. The Morgan fingerprint density at radius 3 is 2.56 bits per heavy atom. The number of halogens is 1. The van der Waals surface area contributed by atoms with Crippen LogP contribution in [-0.2, 0) is 24.2 Å². The van der Waals surface area contributed by atoms with E-state index in [1.807, 2.05) is 18.2 Å². The Kier molecular flexibility index (Phi) is 7.03. The van der Waals surface area contributed by atoms with Gasteiger partial charge >= 0.3 is 5.97 Å². The van der Waals surface area contributed by atoms with Gasteiger partial charge in [-0.05, 0) is 66.8 Å². The summed E-state index contributed by atoms with van der Waals surface area (Å²) in [6.07, 6.45) is 4.43. The van der Waals surface area contributed by atoms with Crippen LogP contribution in [-0.4, -0.2) is 11.1 Å². The van der Waals surface area contributed by atoms with E-state index in [9.17, 15) is 9.90 Å². The lowest BCUT2D eigenvalue weighted by Crippen LogP contribution is -2.08. The van der Waals surface area contributed by atoms with Gasteiger partial charge in [-0.25, -0.2) is 4.39 Å². The maximum absolute atomic E-state index is 15.3. The number of nitrogens with two attached hydrogens (primary N) is 1. The molecule has 0 unspecified atom stereocenters. The minimum atomic E-state index is -0.904. The van der Waals surface area contributed by atoms with E-state index in [-0.39, 0.29) is 18.8 Å². The van der Waals surface area contributed by atoms with Gasteiger partial charge < -0.3 is 15.6 Å². The van der Waals surface area contributed by atoms with Crippen LogP contribution in [0.2, 0.25) is 0 Å². The molecule has 0 heterocycles. The largest absolute Gasteiger partial charge is 0.489 e. The van der Waals surface area contributed by atoms with E-state index < -0.39 is 12.0 Å². The second-order valence-corrected chi connectivity index (χ2v) is 9.81. The third-order valence-corrected chi connectivity index (χ3v) is 6.71. The average molecular weight is 462 g/mol. The standard InChI is InChI=1S/C29H32FNO3/c1-19(31)24-7-5-8-25(28(24)30)23-15-20(10-11-29(2)12-13-29)14-21(16-23)18-34-26-9-4-3-6-22(26)17-27(32)33/h3-9,14-16,19H,10-13,17-18,31H2,1-2H3,(H,32,33)/t19-/m1/s1. The molecule has 3 aromatic rings. The zero-order chi connectivity index (χ0) is 24.3. The van der Waals surface area contributed by atoms with Gasteiger partial charge in [0.25, 0.3) is 0 Å². The van der Waals surface area contributed by atoms with Crippen LogP contribution in [0, 0.1) is 11.2 Å². The molecule has 1 atom stereocenters. The molecular formula is C29H32FNO3. The van der Waals surface area contributed by atoms with Gasteiger partial charge in [0.1, 0.15) is 18.2 Å². The third-order valence-electron chi connectivity index (χ3n) is 6.71. The molecule has 0 aliphatic heterocycles. The maximum atomic E-state index is 15.3. The molecule has 0 amide bonds. The molecule has 1 fully saturated rings. The van der Waals surface area contributed by atoms with Gasteiger partial charge in [-0.1, -0.05) is 55.5 Å². The molecule has 1 aliphatic rings. The maximum Gasteiger partial charge on any atom is 0.307 e. The Balaban J connectivity index is 1.65. The number of benzene rings is 3. The van der Waals surface area contributed by atoms with Crippen LogP contribution in [0.15, 0.2) is 60.7 Å². The molecule has 0 bridgehead atoms. The summed E-state index contributed by atoms with van der Waals surface area (Å²) < 4.78 is 21.4. The van der Waals surface area contributed by atoms with Crippen molar-refractivity contribution in [2.75, 3.05) is 0 Å². The topological polar surface area (TPSA) is 72.5 Å². The summed E-state index contributed by atoms with van der Waals surface area (Å²) in [7, 11) is 0. The van der Waals surface area contributed by atoms with Crippen molar-refractivity contribution >= 4 is 5.97 Å². The van der Waals surface area contributed by atoms with Gasteiger partial charge in [0.2, 0.25) is 0 Å². The SMILES string of the molecule is C[C@@H](N)c1cccc(-c2cc(CCC3(C)CC3)cc(COc3ccccc3CC(=O)O)c2)c1F. The number of hydrogen-bond donors (Lipinski definition) is 2. The molecule has 0 radical (unpaired) electrons. The minimum absolute atomic E-state index is 0.102. The second kappa shape index (κ2) is 9.98. The average Bonchev–Trinajstić information content (AvgIpc) is 3.54. The van der Waals surface area contributed by atoms with Crippen LogP contribution in [0.25, 0.3) is 11.1 Å². The highest BCUT2D eigenvalue weighted by Gasteiger charge is 2.36. The lowest BCUT2D eigenvalue weighted by molar-refractivity contribution is -0.136. The van der Waals surface area contributed by atoms with Crippen LogP contribution in [0.5, 0.6) is 5.75 Å². The Morgan fingerprint density at radius 1 is 1.12 bits per heavy atom. The summed E-state index contributed by atoms with van der Waals surface area (Å²) in [6, 6.07) is 18.3. The summed E-state index contributed by atoms with van der Waals surface area (Å²) in [6.45, 7) is 4.36. The fourth-order valence-corrected chi connectivity index (χ4v) is 4.29. The highest BCUT2D eigenvalue weighted by atomic mass is 19.1. The smallest absolute Gasteiger partial charge is 0.307 e. The molecule has 178 valence electrons. The predicted octanol–water partition coefficient (Wildman–Crippen LogP) is 6.45. The van der Waals surface area contributed by atoms with Gasteiger partial charge in [-0.15, -0.1) is 0 Å². The molecule has 3 N–H and O–H groups in total. The number of carboxylic acids is 1. The Bertz CT molecular complexity index is 1180. The molecular weight excluding hydrogens is 429 g/mol. The molecule has 1 saturated carbocycles. The van der Waals surface area contributed by atoms with Crippen molar-refractivity contribution in [3.05, 3.63) is 88.7 Å². The number of rotatable bonds is 10. The summed E-state index contributed by atoms with van der Waals surface area (Å²) in [5.41, 5.74) is 10.9. The van der Waals surface area contributed by atoms with Crippen LogP contribution in [0.3, 0.4) is 0 Å². The molecule has 0 saturated heterocycles. The van der Waals surface area contributed by atoms with E-state index in [1.54, 1.807) is 37.3 Å². The molecule has 0 aromatic heterocycles. The Hall–Kier alpha value is -3.18. The number of ether oxygens (including phenoxy) is 1. The van der Waals surface area contributed by atoms with Crippen molar-refractivity contribution in [2.24, 2.45) is 11.1 Å². The molecule has 0 spiro atoms. The summed E-state index contributed by atoms with van der Waals surface area (Å²) in [4.78, 5) is 11.2. The van der Waals surface area contributed by atoms with Gasteiger partial charge in [-0.2, -0.15) is 0 Å². The van der Waals surface area contributed by atoms with Crippen molar-refractivity contribution in [3.8, 4) is 16.9 Å². The van der Waals surface area contributed by atoms with Gasteiger partial charge in [0, 0.05) is 22.7 Å². The first-order valence-electron chi connectivity index (χ1n) is 11.8. The monoisotopic (exact) mass is 461 g/mol. The van der Waals surface area contributed by atoms with Crippen LogP contribution in [0.1, 0.15) is 61.4 Å².